The number of rotatable bonds is 16. The molecule has 0 aliphatic carbocycles. The summed E-state index contributed by atoms with van der Waals surface area (Å²) >= 11 is 0. The first-order valence-corrected chi connectivity index (χ1v) is 14.8. The Labute approximate surface area is 229 Å². The molecule has 0 aromatic carbocycles. The molecule has 0 spiro atoms. The largest absolute Gasteiger partial charge is 0.477 e. The third kappa shape index (κ3) is 8.97. The Morgan fingerprint density at radius 2 is 1.62 bits per heavy atom. The number of fused-ring (bicyclic) bond motifs is 1. The van der Waals surface area contributed by atoms with Gasteiger partial charge in [0.15, 0.2) is 6.10 Å². The Kier molecular flexibility index (Phi) is 12.8. The molecule has 0 saturated carbocycles. The van der Waals surface area contributed by atoms with Crippen LogP contribution in [0.1, 0.15) is 79.6 Å². The van der Waals surface area contributed by atoms with Crippen LogP contribution < -0.4 is 0 Å². The summed E-state index contributed by atoms with van der Waals surface area (Å²) in [6.07, 6.45) is -2.28. The summed E-state index contributed by atoms with van der Waals surface area (Å²) in [5.41, 5.74) is 0. The van der Waals surface area contributed by atoms with Gasteiger partial charge in [-0.25, -0.2) is 13.9 Å². The molecule has 0 aromatic heterocycles. The smallest absolute Gasteiger partial charge is 0.465 e. The van der Waals surface area contributed by atoms with E-state index in [0.717, 1.165) is 26.9 Å². The maximum absolute atomic E-state index is 13.8. The van der Waals surface area contributed by atoms with Crippen LogP contribution >= 0.6 is 7.82 Å². The highest BCUT2D eigenvalue weighted by Crippen LogP contribution is 2.57. The molecule has 0 N–H and O–H groups in total. The zero-order valence-electron chi connectivity index (χ0n) is 23.5. The highest BCUT2D eigenvalue weighted by molar-refractivity contribution is 7.48. The van der Waals surface area contributed by atoms with Gasteiger partial charge in [-0.3, -0.25) is 23.4 Å². The van der Waals surface area contributed by atoms with Gasteiger partial charge >= 0.3 is 31.7 Å². The van der Waals surface area contributed by atoms with Crippen LogP contribution in [-0.2, 0) is 61.0 Å². The van der Waals surface area contributed by atoms with E-state index in [2.05, 4.69) is 0 Å². The van der Waals surface area contributed by atoms with Gasteiger partial charge in [-0.05, 0) is 19.3 Å². The van der Waals surface area contributed by atoms with Crippen LogP contribution in [0.5, 0.6) is 0 Å². The molecule has 2 unspecified atom stereocenters. The van der Waals surface area contributed by atoms with Crippen LogP contribution in [0.2, 0.25) is 0 Å². The molecule has 6 atom stereocenters. The van der Waals surface area contributed by atoms with E-state index in [-0.39, 0.29) is 32.5 Å². The molecule has 0 radical (unpaired) electrons. The van der Waals surface area contributed by atoms with E-state index >= 15 is 0 Å². The Hall–Kier alpha value is -2.05. The van der Waals surface area contributed by atoms with Crippen molar-refractivity contribution in [3.05, 3.63) is 0 Å². The van der Waals surface area contributed by atoms with Gasteiger partial charge in [-0.2, -0.15) is 0 Å². The Bertz CT molecular complexity index is 894. The summed E-state index contributed by atoms with van der Waals surface area (Å²) < 4.78 is 58.2. The lowest BCUT2D eigenvalue weighted by Crippen LogP contribution is -2.61. The highest BCUT2D eigenvalue weighted by atomic mass is 31.2. The molecule has 2 rings (SSSR count). The third-order valence-corrected chi connectivity index (χ3v) is 7.86. The molecule has 2 saturated heterocycles. The molecule has 2 heterocycles. The molecule has 2 aliphatic heterocycles. The van der Waals surface area contributed by atoms with Crippen LogP contribution in [0.15, 0.2) is 0 Å². The number of ether oxygens (including phenoxy) is 5. The lowest BCUT2D eigenvalue weighted by atomic mass is 9.82. The van der Waals surface area contributed by atoms with Crippen molar-refractivity contribution in [2.75, 3.05) is 20.3 Å². The van der Waals surface area contributed by atoms with E-state index in [9.17, 15) is 23.7 Å². The molecule has 0 aromatic rings. The maximum Gasteiger partial charge on any atom is 0.477 e. The maximum atomic E-state index is 13.8. The van der Waals surface area contributed by atoms with Crippen LogP contribution in [0.25, 0.3) is 0 Å². The average molecular weight is 581 g/mol. The predicted molar refractivity (Wildman–Crippen MR) is 134 cm³/mol. The summed E-state index contributed by atoms with van der Waals surface area (Å²) in [5, 5.41) is 0. The number of carbonyl (C=O) groups is 4. The standard InChI is InChI=1S/C25H41O13P/c1-7-10-12-32-39(30,33-13-11-8-2)38-25(24(29)31-6)15-20-18(14-21(28)36-20)22(37-25)23(35-17(5)27)19(9-3)34-16(4)26/h18-20,22-23H,7-15H2,1-6H3/t18-,19-,20-,22?,23-,25?/m1/s1. The number of hydrogen-bond acceptors (Lipinski definition) is 13. The van der Waals surface area contributed by atoms with Crippen molar-refractivity contribution in [1.82, 2.24) is 0 Å². The van der Waals surface area contributed by atoms with E-state index in [1.54, 1.807) is 6.92 Å². The SMILES string of the molecule is CCCCOP(=O)(OCCCC)OC1(C(=O)OC)C[C@H]2OC(=O)C[C@H]2C([C@H](OC(C)=O)[C@@H](CC)OC(C)=O)O1. The molecule has 13 nitrogen and oxygen atoms in total. The number of phosphoric acid groups is 1. The van der Waals surface area contributed by atoms with Gasteiger partial charge in [0, 0.05) is 19.8 Å². The van der Waals surface area contributed by atoms with Gasteiger partial charge in [0.05, 0.1) is 33.2 Å². The van der Waals surface area contributed by atoms with Crippen molar-refractivity contribution in [1.29, 1.82) is 0 Å². The first kappa shape index (κ1) is 33.2. The van der Waals surface area contributed by atoms with Crippen LogP contribution in [0, 0.1) is 5.92 Å². The first-order valence-electron chi connectivity index (χ1n) is 13.3. The van der Waals surface area contributed by atoms with Gasteiger partial charge < -0.3 is 23.7 Å². The molecule has 0 bridgehead atoms. The quantitative estimate of drug-likeness (QED) is 0.113. The summed E-state index contributed by atoms with van der Waals surface area (Å²) in [5.74, 6) is -6.17. The minimum atomic E-state index is -4.43. The zero-order valence-corrected chi connectivity index (χ0v) is 24.4. The van der Waals surface area contributed by atoms with Crippen molar-refractivity contribution in [2.45, 2.75) is 110 Å². The lowest BCUT2D eigenvalue weighted by molar-refractivity contribution is -0.294. The fraction of sp³-hybridized carbons (Fsp3) is 0.840. The number of carbonyl (C=O) groups excluding carboxylic acids is 4. The fourth-order valence-electron chi connectivity index (χ4n) is 4.52. The van der Waals surface area contributed by atoms with Crippen LogP contribution in [0.3, 0.4) is 0 Å². The minimum absolute atomic E-state index is 0.0159. The van der Waals surface area contributed by atoms with Crippen molar-refractivity contribution in [2.24, 2.45) is 5.92 Å². The second-order valence-electron chi connectivity index (χ2n) is 9.47. The van der Waals surface area contributed by atoms with Gasteiger partial charge in [0.1, 0.15) is 18.3 Å². The number of esters is 4. The van der Waals surface area contributed by atoms with E-state index in [4.69, 9.17) is 37.3 Å². The number of unbranched alkanes of at least 4 members (excludes halogenated alkanes) is 2. The van der Waals surface area contributed by atoms with Crippen LogP contribution in [-0.4, -0.2) is 74.4 Å². The summed E-state index contributed by atoms with van der Waals surface area (Å²) in [7, 11) is -3.35. The second kappa shape index (κ2) is 15.1. The summed E-state index contributed by atoms with van der Waals surface area (Å²) in [6.45, 7) is 7.90. The number of hydrogen-bond donors (Lipinski definition) is 0. The molecule has 39 heavy (non-hydrogen) atoms. The highest BCUT2D eigenvalue weighted by Gasteiger charge is 2.63. The lowest BCUT2D eigenvalue weighted by Gasteiger charge is -2.46. The Morgan fingerprint density at radius 3 is 2.10 bits per heavy atom. The van der Waals surface area contributed by atoms with Crippen molar-refractivity contribution < 1.29 is 61.0 Å². The van der Waals surface area contributed by atoms with E-state index in [1.807, 2.05) is 13.8 Å². The van der Waals surface area contributed by atoms with Crippen LogP contribution in [0.4, 0.5) is 0 Å². The normalized spacial score (nSPS) is 26.2. The molecule has 0 amide bonds. The number of methoxy groups -OCH3 is 1. The zero-order chi connectivity index (χ0) is 29.2. The molecule has 2 aliphatic rings. The summed E-state index contributed by atoms with van der Waals surface area (Å²) in [6, 6.07) is 0. The average Bonchev–Trinajstić information content (AvgIpc) is 3.24. The van der Waals surface area contributed by atoms with Crippen molar-refractivity contribution >= 4 is 31.7 Å². The monoisotopic (exact) mass is 580 g/mol. The molecule has 14 heteroatoms. The predicted octanol–water partition coefficient (Wildman–Crippen LogP) is 3.61. The minimum Gasteiger partial charge on any atom is -0.465 e. The van der Waals surface area contributed by atoms with Gasteiger partial charge in [0.2, 0.25) is 0 Å². The van der Waals surface area contributed by atoms with Gasteiger partial charge in [-0.1, -0.05) is 33.6 Å². The topological polar surface area (TPSA) is 159 Å². The van der Waals surface area contributed by atoms with E-state index in [0.29, 0.717) is 12.8 Å². The number of phosphoric ester groups is 1. The Balaban J connectivity index is 2.57. The Morgan fingerprint density at radius 1 is 1.03 bits per heavy atom. The molecule has 2 fully saturated rings. The molecular formula is C25H41O13P. The third-order valence-electron chi connectivity index (χ3n) is 6.34. The van der Waals surface area contributed by atoms with E-state index < -0.39 is 67.8 Å². The first-order chi connectivity index (χ1) is 18.4. The van der Waals surface area contributed by atoms with Gasteiger partial charge in [0.25, 0.3) is 5.79 Å². The van der Waals surface area contributed by atoms with E-state index in [1.165, 1.54) is 6.92 Å². The van der Waals surface area contributed by atoms with Gasteiger partial charge in [-0.15, -0.1) is 0 Å². The van der Waals surface area contributed by atoms with Crippen molar-refractivity contribution in [3.8, 4) is 0 Å². The fourth-order valence-corrected chi connectivity index (χ4v) is 5.96. The second-order valence-corrected chi connectivity index (χ2v) is 11.1. The van der Waals surface area contributed by atoms with Crippen molar-refractivity contribution in [3.63, 3.8) is 0 Å². The summed E-state index contributed by atoms with van der Waals surface area (Å²) in [4.78, 5) is 49.6. The molecule has 224 valence electrons. The molecular weight excluding hydrogens is 539 g/mol.